The molecule has 2 atom stereocenters. The van der Waals surface area contributed by atoms with Gasteiger partial charge in [-0.3, -0.25) is 19.3 Å². The average molecular weight is 396 g/mol. The summed E-state index contributed by atoms with van der Waals surface area (Å²) in [7, 11) is 0. The highest BCUT2D eigenvalue weighted by Crippen LogP contribution is 2.46. The number of esters is 1. The minimum absolute atomic E-state index is 0.0820. The van der Waals surface area contributed by atoms with Crippen LogP contribution in [0.3, 0.4) is 0 Å². The van der Waals surface area contributed by atoms with E-state index in [0.29, 0.717) is 12.8 Å². The van der Waals surface area contributed by atoms with Crippen LogP contribution in [0.25, 0.3) is 0 Å². The van der Waals surface area contributed by atoms with Gasteiger partial charge in [0.1, 0.15) is 12.1 Å². The first kappa shape index (κ1) is 22.2. The van der Waals surface area contributed by atoms with Crippen LogP contribution in [0.1, 0.15) is 67.2 Å². The monoisotopic (exact) mass is 395 g/mol. The maximum absolute atomic E-state index is 13.0. The van der Waals surface area contributed by atoms with Crippen molar-refractivity contribution in [3.8, 4) is 0 Å². The predicted molar refractivity (Wildman–Crippen MR) is 103 cm³/mol. The molecule has 4 amide bonds. The Kier molecular flexibility index (Phi) is 6.11. The predicted octanol–water partition coefficient (Wildman–Crippen LogP) is 1.97. The normalized spacial score (nSPS) is 26.9. The fraction of sp³-hybridized carbons (Fsp3) is 0.800. The van der Waals surface area contributed by atoms with Crippen LogP contribution < -0.4 is 10.6 Å². The van der Waals surface area contributed by atoms with Gasteiger partial charge in [0.2, 0.25) is 0 Å². The lowest BCUT2D eigenvalue weighted by atomic mass is 9.64. The Labute approximate surface area is 166 Å². The zero-order chi connectivity index (χ0) is 21.3. The van der Waals surface area contributed by atoms with Gasteiger partial charge in [0.25, 0.3) is 11.8 Å². The van der Waals surface area contributed by atoms with Crippen LogP contribution in [-0.2, 0) is 19.1 Å². The van der Waals surface area contributed by atoms with Crippen LogP contribution >= 0.6 is 0 Å². The van der Waals surface area contributed by atoms with Crippen molar-refractivity contribution in [1.29, 1.82) is 0 Å². The molecule has 2 N–H and O–H groups in total. The molecule has 0 aromatic heterocycles. The van der Waals surface area contributed by atoms with Gasteiger partial charge >= 0.3 is 12.0 Å². The lowest BCUT2D eigenvalue weighted by Crippen LogP contribution is -2.54. The molecule has 1 saturated carbocycles. The fourth-order valence-electron chi connectivity index (χ4n) is 4.47. The van der Waals surface area contributed by atoms with E-state index >= 15 is 0 Å². The number of amides is 4. The Balaban J connectivity index is 1.95. The summed E-state index contributed by atoms with van der Waals surface area (Å²) >= 11 is 0. The van der Waals surface area contributed by atoms with E-state index in [1.165, 1.54) is 0 Å². The highest BCUT2D eigenvalue weighted by Gasteiger charge is 2.56. The van der Waals surface area contributed by atoms with Crippen molar-refractivity contribution >= 4 is 23.8 Å². The van der Waals surface area contributed by atoms with E-state index < -0.39 is 42.1 Å². The van der Waals surface area contributed by atoms with Crippen molar-refractivity contribution in [2.75, 3.05) is 13.2 Å². The van der Waals surface area contributed by atoms with Gasteiger partial charge in [0.15, 0.2) is 6.61 Å². The molecular weight excluding hydrogens is 362 g/mol. The van der Waals surface area contributed by atoms with Gasteiger partial charge < -0.3 is 15.4 Å². The summed E-state index contributed by atoms with van der Waals surface area (Å²) in [5, 5.41) is 5.57. The maximum atomic E-state index is 13.0. The van der Waals surface area contributed by atoms with Gasteiger partial charge in [0.05, 0.1) is 0 Å². The summed E-state index contributed by atoms with van der Waals surface area (Å²) in [6.45, 7) is 11.0. The van der Waals surface area contributed by atoms with E-state index in [-0.39, 0.29) is 17.2 Å². The molecule has 8 nitrogen and oxygen atoms in total. The number of rotatable bonds is 6. The largest absolute Gasteiger partial charge is 0.454 e. The minimum Gasteiger partial charge on any atom is -0.454 e. The molecule has 8 heteroatoms. The molecule has 0 bridgehead atoms. The summed E-state index contributed by atoms with van der Waals surface area (Å²) in [4.78, 5) is 50.3. The summed E-state index contributed by atoms with van der Waals surface area (Å²) in [6.07, 6.45) is 2.80. The fourth-order valence-corrected chi connectivity index (χ4v) is 4.47. The van der Waals surface area contributed by atoms with Crippen molar-refractivity contribution in [3.63, 3.8) is 0 Å². The molecule has 1 aliphatic carbocycles. The van der Waals surface area contributed by atoms with Gasteiger partial charge in [-0.05, 0) is 50.9 Å². The van der Waals surface area contributed by atoms with Gasteiger partial charge in [-0.15, -0.1) is 0 Å². The van der Waals surface area contributed by atoms with Crippen LogP contribution in [0.15, 0.2) is 0 Å². The van der Waals surface area contributed by atoms with E-state index in [2.05, 4.69) is 31.4 Å². The van der Waals surface area contributed by atoms with E-state index in [1.54, 1.807) is 0 Å². The summed E-state index contributed by atoms with van der Waals surface area (Å²) in [5.74, 6) is -1.30. The van der Waals surface area contributed by atoms with E-state index in [9.17, 15) is 19.2 Å². The maximum Gasteiger partial charge on any atom is 0.326 e. The van der Waals surface area contributed by atoms with Crippen LogP contribution in [0.4, 0.5) is 4.79 Å². The molecule has 1 spiro atoms. The first-order chi connectivity index (χ1) is 12.8. The van der Waals surface area contributed by atoms with E-state index in [1.807, 2.05) is 20.8 Å². The zero-order valence-corrected chi connectivity index (χ0v) is 17.8. The van der Waals surface area contributed by atoms with E-state index in [0.717, 1.165) is 17.7 Å². The number of hydrogen-bond donors (Lipinski definition) is 2. The van der Waals surface area contributed by atoms with Crippen LogP contribution in [0.2, 0.25) is 0 Å². The topological polar surface area (TPSA) is 105 Å². The third kappa shape index (κ3) is 5.02. The molecule has 2 aliphatic rings. The zero-order valence-electron chi connectivity index (χ0n) is 17.8. The summed E-state index contributed by atoms with van der Waals surface area (Å²) in [6, 6.07) is -0.580. The average Bonchev–Trinajstić information content (AvgIpc) is 2.74. The van der Waals surface area contributed by atoms with Crippen molar-refractivity contribution in [2.45, 2.75) is 78.3 Å². The van der Waals surface area contributed by atoms with Gasteiger partial charge in [0, 0.05) is 5.54 Å². The first-order valence-electron chi connectivity index (χ1n) is 9.90. The molecule has 0 radical (unpaired) electrons. The Bertz CT molecular complexity index is 673. The number of nitrogens with zero attached hydrogens (tertiary/aromatic N) is 1. The second-order valence-electron chi connectivity index (χ2n) is 9.70. The first-order valence-corrected chi connectivity index (χ1v) is 9.90. The Morgan fingerprint density at radius 3 is 2.50 bits per heavy atom. The Hall–Kier alpha value is -2.12. The smallest absolute Gasteiger partial charge is 0.326 e. The third-order valence-electron chi connectivity index (χ3n) is 5.64. The van der Waals surface area contributed by atoms with Crippen LogP contribution in [0, 0.1) is 11.3 Å². The second-order valence-corrected chi connectivity index (χ2v) is 9.70. The summed E-state index contributed by atoms with van der Waals surface area (Å²) in [5.41, 5.74) is -1.44. The molecule has 0 aromatic carbocycles. The minimum atomic E-state index is -0.957. The van der Waals surface area contributed by atoms with Gasteiger partial charge in [-0.2, -0.15) is 0 Å². The Morgan fingerprint density at radius 1 is 1.29 bits per heavy atom. The number of carbonyl (C=O) groups is 4. The number of ether oxygens (including phenoxy) is 1. The molecular formula is C20H33N3O5. The second kappa shape index (κ2) is 7.72. The molecule has 2 rings (SSSR count). The quantitative estimate of drug-likeness (QED) is 0.528. The van der Waals surface area contributed by atoms with Crippen molar-refractivity contribution in [2.24, 2.45) is 11.3 Å². The lowest BCUT2D eigenvalue weighted by molar-refractivity contribution is -0.151. The van der Waals surface area contributed by atoms with Crippen LogP contribution in [-0.4, -0.2) is 52.9 Å². The highest BCUT2D eigenvalue weighted by atomic mass is 16.5. The number of hydrogen-bond acceptors (Lipinski definition) is 5. The van der Waals surface area contributed by atoms with Gasteiger partial charge in [-0.1, -0.05) is 27.7 Å². The number of nitrogens with one attached hydrogen (secondary N) is 2. The van der Waals surface area contributed by atoms with E-state index in [4.69, 9.17) is 4.74 Å². The molecule has 0 aromatic rings. The number of imide groups is 1. The van der Waals surface area contributed by atoms with Crippen LogP contribution in [0.5, 0.6) is 0 Å². The number of carbonyl (C=O) groups excluding carboxylic acids is 4. The highest BCUT2D eigenvalue weighted by molar-refractivity contribution is 6.08. The molecule has 28 heavy (non-hydrogen) atoms. The van der Waals surface area contributed by atoms with Crippen molar-refractivity contribution < 1.29 is 23.9 Å². The number of urea groups is 1. The molecule has 158 valence electrons. The molecule has 2 fully saturated rings. The lowest BCUT2D eigenvalue weighted by Gasteiger charge is -2.43. The van der Waals surface area contributed by atoms with Gasteiger partial charge in [-0.25, -0.2) is 4.79 Å². The summed E-state index contributed by atoms with van der Waals surface area (Å²) < 4.78 is 4.97. The molecule has 1 aliphatic heterocycles. The standard InChI is InChI=1S/C20H33N3O5/c1-7-19(5,6)21-14(24)11-28-15(25)10-23-16(26)20(22-17(23)27)9-13(2)8-18(3,4)12-20/h13H,7-12H2,1-6H3,(H,21,24)(H,22,27)/t13-,20+/m1/s1. The molecule has 0 unspecified atom stereocenters. The SMILES string of the molecule is CCC(C)(C)NC(=O)COC(=O)CN1C(=O)N[C@]2(C[C@H](C)CC(C)(C)C2)C1=O. The van der Waals surface area contributed by atoms with Crippen molar-refractivity contribution in [1.82, 2.24) is 15.5 Å². The molecule has 1 saturated heterocycles. The van der Waals surface area contributed by atoms with Crippen molar-refractivity contribution in [3.05, 3.63) is 0 Å². The molecule has 1 heterocycles. The third-order valence-corrected chi connectivity index (χ3v) is 5.64. The Morgan fingerprint density at radius 2 is 1.93 bits per heavy atom.